The van der Waals surface area contributed by atoms with Gasteiger partial charge in [0.1, 0.15) is 5.69 Å². The van der Waals surface area contributed by atoms with Crippen LogP contribution in [0.3, 0.4) is 0 Å². The molecule has 0 aliphatic carbocycles. The van der Waals surface area contributed by atoms with Gasteiger partial charge < -0.3 is 15.0 Å². The third kappa shape index (κ3) is 3.66. The van der Waals surface area contributed by atoms with E-state index in [0.717, 1.165) is 10.8 Å². The third-order valence-corrected chi connectivity index (χ3v) is 4.20. The molecular formula is C16H14N4O4S. The maximum Gasteiger partial charge on any atom is 0.273 e. The van der Waals surface area contributed by atoms with E-state index in [4.69, 9.17) is 4.74 Å². The fourth-order valence-corrected chi connectivity index (χ4v) is 3.07. The summed E-state index contributed by atoms with van der Waals surface area (Å²) in [6, 6.07) is 6.42. The molecule has 0 radical (unpaired) electrons. The smallest absolute Gasteiger partial charge is 0.273 e. The first-order chi connectivity index (χ1) is 12.0. The molecule has 0 saturated heterocycles. The summed E-state index contributed by atoms with van der Waals surface area (Å²) < 4.78 is 5.67. The summed E-state index contributed by atoms with van der Waals surface area (Å²) in [5.41, 5.74) is 1.05. The van der Waals surface area contributed by atoms with Crippen molar-refractivity contribution in [3.63, 3.8) is 0 Å². The van der Waals surface area contributed by atoms with Gasteiger partial charge in [-0.3, -0.25) is 19.7 Å². The summed E-state index contributed by atoms with van der Waals surface area (Å²) >= 11 is 1.26. The van der Waals surface area contributed by atoms with Crippen LogP contribution in [-0.2, 0) is 4.79 Å². The van der Waals surface area contributed by atoms with Gasteiger partial charge in [0.05, 0.1) is 17.3 Å². The molecule has 3 aromatic rings. The Hall–Kier alpha value is -3.20. The number of rotatable bonds is 4. The first-order valence-corrected chi connectivity index (χ1v) is 8.04. The molecule has 2 amide bonds. The highest BCUT2D eigenvalue weighted by molar-refractivity contribution is 7.22. The van der Waals surface area contributed by atoms with Gasteiger partial charge in [-0.05, 0) is 18.2 Å². The van der Waals surface area contributed by atoms with Gasteiger partial charge in [0, 0.05) is 24.9 Å². The Bertz CT molecular complexity index is 1020. The van der Waals surface area contributed by atoms with E-state index < -0.39 is 11.3 Å². The summed E-state index contributed by atoms with van der Waals surface area (Å²) in [6.07, 6.45) is 1.33. The fraction of sp³-hybridized carbons (Fsp3) is 0.125. The molecule has 0 aliphatic heterocycles. The molecule has 0 saturated carbocycles. The molecular weight excluding hydrogens is 344 g/mol. The van der Waals surface area contributed by atoms with E-state index >= 15 is 0 Å². The third-order valence-electron chi connectivity index (χ3n) is 3.27. The molecule has 1 aromatic carbocycles. The lowest BCUT2D eigenvalue weighted by molar-refractivity contribution is -0.114. The second kappa shape index (κ2) is 6.73. The number of hydrogen-bond donors (Lipinski definition) is 3. The number of carbonyl (C=O) groups excluding carboxylic acids is 2. The standard InChI is InChI=1S/C16H14N4O4S/c1-8(21)18-9-3-4-10-14(5-9)25-16(19-10)20-15(23)11-6-12(22)13(24-2)7-17-11/h3-7H,1-2H3,(H,17,22)(H,18,21)(H,19,20,23). The molecule has 0 aliphatic rings. The van der Waals surface area contributed by atoms with Gasteiger partial charge in [0.15, 0.2) is 10.9 Å². The monoisotopic (exact) mass is 358 g/mol. The van der Waals surface area contributed by atoms with Crippen LogP contribution in [-0.4, -0.2) is 28.9 Å². The fourth-order valence-electron chi connectivity index (χ4n) is 2.17. The van der Waals surface area contributed by atoms with Crippen molar-refractivity contribution in [1.82, 2.24) is 9.97 Å². The molecule has 25 heavy (non-hydrogen) atoms. The number of anilines is 2. The van der Waals surface area contributed by atoms with Crippen molar-refractivity contribution in [3.05, 3.63) is 46.4 Å². The van der Waals surface area contributed by atoms with Crippen molar-refractivity contribution >= 4 is 44.2 Å². The van der Waals surface area contributed by atoms with E-state index in [0.29, 0.717) is 16.3 Å². The predicted octanol–water partition coefficient (Wildman–Crippen LogP) is 2.20. The minimum Gasteiger partial charge on any atom is -0.491 e. The minimum atomic E-state index is -0.485. The highest BCUT2D eigenvalue weighted by atomic mass is 32.1. The average molecular weight is 358 g/mol. The molecule has 0 bridgehead atoms. The highest BCUT2D eigenvalue weighted by Gasteiger charge is 2.12. The number of H-pyrrole nitrogens is 1. The van der Waals surface area contributed by atoms with E-state index in [2.05, 4.69) is 20.6 Å². The molecule has 0 atom stereocenters. The topological polar surface area (TPSA) is 113 Å². The van der Waals surface area contributed by atoms with Crippen molar-refractivity contribution < 1.29 is 14.3 Å². The zero-order valence-corrected chi connectivity index (χ0v) is 14.2. The number of nitrogens with zero attached hydrogens (tertiary/aromatic N) is 1. The van der Waals surface area contributed by atoms with Crippen LogP contribution in [0.1, 0.15) is 17.4 Å². The highest BCUT2D eigenvalue weighted by Crippen LogP contribution is 2.28. The molecule has 0 unspecified atom stereocenters. The largest absolute Gasteiger partial charge is 0.491 e. The molecule has 128 valence electrons. The molecule has 8 nitrogen and oxygen atoms in total. The number of aromatic nitrogens is 2. The predicted molar refractivity (Wildman–Crippen MR) is 95.5 cm³/mol. The second-order valence-corrected chi connectivity index (χ2v) is 6.15. The number of pyridine rings is 1. The molecule has 2 aromatic heterocycles. The van der Waals surface area contributed by atoms with E-state index in [9.17, 15) is 14.4 Å². The summed E-state index contributed by atoms with van der Waals surface area (Å²) in [4.78, 5) is 42.1. The molecule has 3 rings (SSSR count). The molecule has 3 N–H and O–H groups in total. The lowest BCUT2D eigenvalue weighted by Crippen LogP contribution is -2.17. The second-order valence-electron chi connectivity index (χ2n) is 5.12. The van der Waals surface area contributed by atoms with Gasteiger partial charge in [-0.1, -0.05) is 11.3 Å². The number of nitrogens with one attached hydrogen (secondary N) is 3. The van der Waals surface area contributed by atoms with Crippen LogP contribution in [0, 0.1) is 0 Å². The summed E-state index contributed by atoms with van der Waals surface area (Å²) in [6.45, 7) is 1.43. The Kier molecular flexibility index (Phi) is 4.48. The zero-order chi connectivity index (χ0) is 18.0. The quantitative estimate of drug-likeness (QED) is 0.662. The van der Waals surface area contributed by atoms with Gasteiger partial charge in [-0.25, -0.2) is 4.98 Å². The zero-order valence-electron chi connectivity index (χ0n) is 13.4. The van der Waals surface area contributed by atoms with Gasteiger partial charge in [-0.15, -0.1) is 0 Å². The first-order valence-electron chi connectivity index (χ1n) is 7.22. The number of benzene rings is 1. The van der Waals surface area contributed by atoms with Crippen LogP contribution in [0.4, 0.5) is 10.8 Å². The van der Waals surface area contributed by atoms with Crippen LogP contribution in [0.25, 0.3) is 10.2 Å². The first kappa shape index (κ1) is 16.7. The van der Waals surface area contributed by atoms with Crippen LogP contribution in [0.2, 0.25) is 0 Å². The van der Waals surface area contributed by atoms with Gasteiger partial charge in [-0.2, -0.15) is 0 Å². The van der Waals surface area contributed by atoms with Gasteiger partial charge in [0.25, 0.3) is 5.91 Å². The number of carbonyl (C=O) groups is 2. The Morgan fingerprint density at radius 2 is 2.04 bits per heavy atom. The summed E-state index contributed by atoms with van der Waals surface area (Å²) in [5.74, 6) is -0.524. The van der Waals surface area contributed by atoms with Crippen LogP contribution < -0.4 is 20.8 Å². The van der Waals surface area contributed by atoms with Gasteiger partial charge in [0.2, 0.25) is 11.3 Å². The molecule has 9 heteroatoms. The SMILES string of the molecule is COc1c[nH]c(C(=O)Nc2nc3ccc(NC(C)=O)cc3s2)cc1=O. The number of methoxy groups -OCH3 is 1. The van der Waals surface area contributed by atoms with Crippen LogP contribution in [0.5, 0.6) is 5.75 Å². The number of amides is 2. The van der Waals surface area contributed by atoms with Crippen LogP contribution in [0.15, 0.2) is 35.3 Å². The maximum absolute atomic E-state index is 12.2. The number of thiazole rings is 1. The Morgan fingerprint density at radius 3 is 2.72 bits per heavy atom. The molecule has 2 heterocycles. The Labute approximate surface area is 145 Å². The lowest BCUT2D eigenvalue weighted by Gasteiger charge is -2.03. The van der Waals surface area contributed by atoms with Crippen LogP contribution >= 0.6 is 11.3 Å². The normalized spacial score (nSPS) is 10.5. The average Bonchev–Trinajstić information content (AvgIpc) is 2.95. The van der Waals surface area contributed by atoms with E-state index in [1.54, 1.807) is 18.2 Å². The Morgan fingerprint density at radius 1 is 1.24 bits per heavy atom. The molecule has 0 spiro atoms. The van der Waals surface area contributed by atoms with Crippen molar-refractivity contribution in [2.24, 2.45) is 0 Å². The minimum absolute atomic E-state index is 0.101. The van der Waals surface area contributed by atoms with Crippen molar-refractivity contribution in [2.45, 2.75) is 6.92 Å². The van der Waals surface area contributed by atoms with E-state index in [-0.39, 0.29) is 17.4 Å². The summed E-state index contributed by atoms with van der Waals surface area (Å²) in [5, 5.41) is 5.72. The lowest BCUT2D eigenvalue weighted by atomic mass is 10.3. The van der Waals surface area contributed by atoms with Crippen molar-refractivity contribution in [2.75, 3.05) is 17.7 Å². The van der Waals surface area contributed by atoms with E-state index in [1.807, 2.05) is 0 Å². The Balaban J connectivity index is 1.82. The summed E-state index contributed by atoms with van der Waals surface area (Å²) in [7, 11) is 1.38. The van der Waals surface area contributed by atoms with Crippen molar-refractivity contribution in [1.29, 1.82) is 0 Å². The van der Waals surface area contributed by atoms with Crippen molar-refractivity contribution in [3.8, 4) is 5.75 Å². The number of fused-ring (bicyclic) bond motifs is 1. The van der Waals surface area contributed by atoms with E-state index in [1.165, 1.54) is 31.6 Å². The number of aromatic amines is 1. The molecule has 0 fully saturated rings. The maximum atomic E-state index is 12.2. The number of ether oxygens (including phenoxy) is 1. The van der Waals surface area contributed by atoms with Gasteiger partial charge >= 0.3 is 0 Å². The number of hydrogen-bond acceptors (Lipinski definition) is 6.